The molecule has 0 bridgehead atoms. The van der Waals surface area contributed by atoms with Crippen molar-refractivity contribution in [3.63, 3.8) is 0 Å². The Morgan fingerprint density at radius 1 is 1.28 bits per heavy atom. The molecule has 0 N–H and O–H groups in total. The first-order valence-electron chi connectivity index (χ1n) is 5.91. The lowest BCUT2D eigenvalue weighted by Crippen LogP contribution is -2.19. The fraction of sp³-hybridized carbons (Fsp3) is 0.429. The molecule has 0 unspecified atom stereocenters. The molecule has 1 aromatic carbocycles. The summed E-state index contributed by atoms with van der Waals surface area (Å²) in [5.41, 5.74) is 1.32. The molecule has 0 spiro atoms. The largest absolute Gasteiger partial charge is 0.460 e. The molecule has 0 aliphatic heterocycles. The summed E-state index contributed by atoms with van der Waals surface area (Å²) in [6.07, 6.45) is 0. The quantitative estimate of drug-likeness (QED) is 0.544. The number of ether oxygens (including phenoxy) is 2. The Bertz CT molecular complexity index is 377. The summed E-state index contributed by atoms with van der Waals surface area (Å²) in [5, 5.41) is 0. The van der Waals surface area contributed by atoms with Crippen molar-refractivity contribution in [2.24, 2.45) is 0 Å². The van der Waals surface area contributed by atoms with Gasteiger partial charge in [0.1, 0.15) is 6.61 Å². The van der Waals surface area contributed by atoms with Gasteiger partial charge in [-0.25, -0.2) is 4.79 Å². The van der Waals surface area contributed by atoms with E-state index in [1.807, 2.05) is 25.1 Å². The first-order chi connectivity index (χ1) is 8.59. The van der Waals surface area contributed by atoms with Gasteiger partial charge in [0.25, 0.3) is 0 Å². The third-order valence-electron chi connectivity index (χ3n) is 2.31. The van der Waals surface area contributed by atoms with Gasteiger partial charge in [-0.1, -0.05) is 12.1 Å². The van der Waals surface area contributed by atoms with Crippen LogP contribution in [-0.2, 0) is 9.47 Å². The fourth-order valence-corrected chi connectivity index (χ4v) is 1.32. The minimum atomic E-state index is -0.336. The van der Waals surface area contributed by atoms with Crippen molar-refractivity contribution in [1.29, 1.82) is 0 Å². The fourth-order valence-electron chi connectivity index (χ4n) is 1.32. The zero-order valence-corrected chi connectivity index (χ0v) is 11.0. The third kappa shape index (κ3) is 5.80. The van der Waals surface area contributed by atoms with Gasteiger partial charge < -0.3 is 14.4 Å². The van der Waals surface area contributed by atoms with E-state index in [-0.39, 0.29) is 12.6 Å². The Hall–Kier alpha value is -1.39. The van der Waals surface area contributed by atoms with Crippen molar-refractivity contribution in [1.82, 2.24) is 4.90 Å². The minimum Gasteiger partial charge on any atom is -0.460 e. The standard InChI is InChI=1S/C14H20NO3/c1-12-5-4-6-13(11-12)14(16)18-10-9-17-8-7-15(2)3/h4-6,11H,1,7-10H2,2-3H3. The van der Waals surface area contributed by atoms with Gasteiger partial charge in [-0.15, -0.1) is 0 Å². The molecule has 0 aliphatic rings. The Kier molecular flexibility index (Phi) is 6.39. The first-order valence-corrected chi connectivity index (χ1v) is 5.91. The van der Waals surface area contributed by atoms with E-state index in [0.717, 1.165) is 12.1 Å². The van der Waals surface area contributed by atoms with Crippen molar-refractivity contribution >= 4 is 5.97 Å². The molecule has 1 radical (unpaired) electrons. The van der Waals surface area contributed by atoms with E-state index in [1.165, 1.54) is 0 Å². The van der Waals surface area contributed by atoms with E-state index < -0.39 is 0 Å². The second-order valence-electron chi connectivity index (χ2n) is 4.25. The molecule has 0 saturated carbocycles. The van der Waals surface area contributed by atoms with Crippen LogP contribution in [0.3, 0.4) is 0 Å². The van der Waals surface area contributed by atoms with Crippen molar-refractivity contribution in [2.75, 3.05) is 40.5 Å². The zero-order valence-electron chi connectivity index (χ0n) is 11.0. The van der Waals surface area contributed by atoms with Gasteiger partial charge in [-0.3, -0.25) is 0 Å². The monoisotopic (exact) mass is 250 g/mol. The Morgan fingerprint density at radius 3 is 2.72 bits per heavy atom. The van der Waals surface area contributed by atoms with Crippen LogP contribution in [-0.4, -0.2) is 51.3 Å². The molecule has 0 aliphatic carbocycles. The summed E-state index contributed by atoms with van der Waals surface area (Å²) < 4.78 is 10.4. The maximum atomic E-state index is 11.6. The molecule has 99 valence electrons. The third-order valence-corrected chi connectivity index (χ3v) is 2.31. The lowest BCUT2D eigenvalue weighted by molar-refractivity contribution is 0.0299. The number of nitrogens with zero attached hydrogens (tertiary/aromatic N) is 1. The number of esters is 1. The second-order valence-corrected chi connectivity index (χ2v) is 4.25. The smallest absolute Gasteiger partial charge is 0.338 e. The van der Waals surface area contributed by atoms with Crippen LogP contribution in [0.2, 0.25) is 0 Å². The molecule has 18 heavy (non-hydrogen) atoms. The molecule has 1 rings (SSSR count). The van der Waals surface area contributed by atoms with Crippen LogP contribution in [0.5, 0.6) is 0 Å². The minimum absolute atomic E-state index is 0.271. The highest BCUT2D eigenvalue weighted by atomic mass is 16.6. The number of hydrogen-bond acceptors (Lipinski definition) is 4. The SMILES string of the molecule is [CH2]c1cccc(C(=O)OCCOCCN(C)C)c1. The van der Waals surface area contributed by atoms with E-state index in [9.17, 15) is 4.79 Å². The molecular formula is C14H20NO3. The predicted molar refractivity (Wildman–Crippen MR) is 70.6 cm³/mol. The van der Waals surface area contributed by atoms with Gasteiger partial charge in [-0.2, -0.15) is 0 Å². The van der Waals surface area contributed by atoms with E-state index >= 15 is 0 Å². The second kappa shape index (κ2) is 7.84. The predicted octanol–water partition coefficient (Wildman–Crippen LogP) is 1.60. The van der Waals surface area contributed by atoms with Gasteiger partial charge in [0, 0.05) is 6.54 Å². The lowest BCUT2D eigenvalue weighted by Gasteiger charge is -2.10. The Balaban J connectivity index is 2.18. The molecule has 4 heteroatoms. The first kappa shape index (κ1) is 14.7. The Labute approximate surface area is 108 Å². The van der Waals surface area contributed by atoms with E-state index in [1.54, 1.807) is 18.2 Å². The lowest BCUT2D eigenvalue weighted by atomic mass is 10.1. The van der Waals surface area contributed by atoms with Crippen LogP contribution in [0, 0.1) is 6.92 Å². The van der Waals surface area contributed by atoms with Crippen LogP contribution in [0.15, 0.2) is 24.3 Å². The van der Waals surface area contributed by atoms with Gasteiger partial charge in [0.05, 0.1) is 18.8 Å². The number of benzene rings is 1. The van der Waals surface area contributed by atoms with Crippen molar-refractivity contribution in [2.45, 2.75) is 0 Å². The summed E-state index contributed by atoms with van der Waals surface area (Å²) in [6.45, 7) is 5.95. The number of carbonyl (C=O) groups is 1. The van der Waals surface area contributed by atoms with Crippen LogP contribution in [0.4, 0.5) is 0 Å². The van der Waals surface area contributed by atoms with Crippen LogP contribution in [0.25, 0.3) is 0 Å². The van der Waals surface area contributed by atoms with Gasteiger partial charge in [0.2, 0.25) is 0 Å². The molecule has 0 atom stereocenters. The van der Waals surface area contributed by atoms with Crippen LogP contribution < -0.4 is 0 Å². The molecule has 0 saturated heterocycles. The average molecular weight is 250 g/mol. The normalized spacial score (nSPS) is 10.7. The summed E-state index contributed by atoms with van der Waals surface area (Å²) >= 11 is 0. The number of hydrogen-bond donors (Lipinski definition) is 0. The highest BCUT2D eigenvalue weighted by Gasteiger charge is 2.06. The summed E-state index contributed by atoms with van der Waals surface area (Å²) in [7, 11) is 3.96. The van der Waals surface area contributed by atoms with Crippen LogP contribution in [0.1, 0.15) is 15.9 Å². The Morgan fingerprint density at radius 2 is 2.06 bits per heavy atom. The molecular weight excluding hydrogens is 230 g/mol. The summed E-state index contributed by atoms with van der Waals surface area (Å²) in [5.74, 6) is -0.336. The summed E-state index contributed by atoms with van der Waals surface area (Å²) in [4.78, 5) is 13.7. The van der Waals surface area contributed by atoms with Gasteiger partial charge in [-0.05, 0) is 38.7 Å². The molecule has 0 heterocycles. The molecule has 0 aromatic heterocycles. The van der Waals surface area contributed by atoms with E-state index in [0.29, 0.717) is 18.8 Å². The van der Waals surface area contributed by atoms with Crippen molar-refractivity contribution in [3.8, 4) is 0 Å². The topological polar surface area (TPSA) is 38.8 Å². The number of carbonyl (C=O) groups excluding carboxylic acids is 1. The number of likely N-dealkylation sites (N-methyl/N-ethyl adjacent to an activating group) is 1. The molecule has 4 nitrogen and oxygen atoms in total. The summed E-state index contributed by atoms with van der Waals surface area (Å²) in [6, 6.07) is 7.03. The average Bonchev–Trinajstić information content (AvgIpc) is 2.33. The van der Waals surface area contributed by atoms with Gasteiger partial charge in [0.15, 0.2) is 0 Å². The van der Waals surface area contributed by atoms with E-state index in [4.69, 9.17) is 9.47 Å². The van der Waals surface area contributed by atoms with E-state index in [2.05, 4.69) is 6.92 Å². The molecule has 0 amide bonds. The maximum Gasteiger partial charge on any atom is 0.338 e. The highest BCUT2D eigenvalue weighted by molar-refractivity contribution is 5.89. The highest BCUT2D eigenvalue weighted by Crippen LogP contribution is 2.05. The molecule has 0 fully saturated rings. The molecule has 1 aromatic rings. The van der Waals surface area contributed by atoms with Gasteiger partial charge >= 0.3 is 5.97 Å². The zero-order chi connectivity index (χ0) is 13.4. The maximum absolute atomic E-state index is 11.6. The van der Waals surface area contributed by atoms with Crippen molar-refractivity contribution in [3.05, 3.63) is 42.3 Å². The number of rotatable bonds is 7. The van der Waals surface area contributed by atoms with Crippen LogP contribution >= 0.6 is 0 Å². The van der Waals surface area contributed by atoms with Crippen molar-refractivity contribution < 1.29 is 14.3 Å².